The number of benzene rings is 1. The Kier molecular flexibility index (Phi) is 4.43. The molecule has 0 aliphatic carbocycles. The van der Waals surface area contributed by atoms with E-state index in [9.17, 15) is 4.79 Å². The summed E-state index contributed by atoms with van der Waals surface area (Å²) in [5, 5.41) is 8.27. The Morgan fingerprint density at radius 2 is 1.87 bits per heavy atom. The number of morpholine rings is 1. The molecule has 6 nitrogen and oxygen atoms in total. The molecule has 2 unspecified atom stereocenters. The highest BCUT2D eigenvalue weighted by molar-refractivity contribution is 5.93. The van der Waals surface area contributed by atoms with Crippen molar-refractivity contribution >= 4 is 5.91 Å². The lowest BCUT2D eigenvalue weighted by atomic mass is 10.2. The van der Waals surface area contributed by atoms with E-state index in [-0.39, 0.29) is 18.1 Å². The molecule has 122 valence electrons. The first-order chi connectivity index (χ1) is 11.0. The number of amides is 1. The number of carbonyl (C=O) groups is 1. The van der Waals surface area contributed by atoms with Crippen molar-refractivity contribution in [2.75, 3.05) is 13.1 Å². The van der Waals surface area contributed by atoms with E-state index >= 15 is 0 Å². The summed E-state index contributed by atoms with van der Waals surface area (Å²) in [6.07, 6.45) is 0.0877. The zero-order chi connectivity index (χ0) is 16.4. The van der Waals surface area contributed by atoms with Crippen molar-refractivity contribution in [3.63, 3.8) is 0 Å². The average Bonchev–Trinajstić information content (AvgIpc) is 2.88. The number of hydrogen-bond acceptors (Lipinski definition) is 4. The monoisotopic (exact) mass is 314 g/mol. The number of aromatic nitrogens is 3. The Bertz CT molecular complexity index is 673. The quantitative estimate of drug-likeness (QED) is 0.868. The van der Waals surface area contributed by atoms with Gasteiger partial charge in [-0.05, 0) is 26.3 Å². The summed E-state index contributed by atoms with van der Waals surface area (Å²) >= 11 is 0. The Balaban J connectivity index is 1.77. The van der Waals surface area contributed by atoms with Gasteiger partial charge in [-0.25, -0.2) is 4.68 Å². The lowest BCUT2D eigenvalue weighted by Gasteiger charge is -2.34. The molecule has 0 bridgehead atoms. The second-order valence-corrected chi connectivity index (χ2v) is 6.13. The van der Waals surface area contributed by atoms with E-state index in [1.807, 2.05) is 56.0 Å². The van der Waals surface area contributed by atoms with Crippen LogP contribution in [0.1, 0.15) is 35.6 Å². The molecule has 6 heteroatoms. The molecular formula is C17H22N4O2. The smallest absolute Gasteiger partial charge is 0.276 e. The second-order valence-electron chi connectivity index (χ2n) is 6.13. The third-order valence-electron chi connectivity index (χ3n) is 4.07. The third kappa shape index (κ3) is 3.42. The van der Waals surface area contributed by atoms with Gasteiger partial charge in [0.1, 0.15) is 0 Å². The molecule has 1 aromatic heterocycles. The van der Waals surface area contributed by atoms with Crippen molar-refractivity contribution in [1.82, 2.24) is 19.9 Å². The fourth-order valence-electron chi connectivity index (χ4n) is 2.96. The van der Waals surface area contributed by atoms with Crippen molar-refractivity contribution in [3.05, 3.63) is 47.3 Å². The van der Waals surface area contributed by atoms with Gasteiger partial charge in [-0.3, -0.25) is 4.79 Å². The fraction of sp³-hybridized carbons (Fsp3) is 0.471. The lowest BCUT2D eigenvalue weighted by molar-refractivity contribution is -0.0587. The Hall–Kier alpha value is -2.21. The number of nitrogens with zero attached hydrogens (tertiary/aromatic N) is 4. The number of carbonyl (C=O) groups excluding carboxylic acids is 1. The Morgan fingerprint density at radius 3 is 2.52 bits per heavy atom. The fourth-order valence-corrected chi connectivity index (χ4v) is 2.96. The molecule has 2 atom stereocenters. The summed E-state index contributed by atoms with van der Waals surface area (Å²) in [6, 6.07) is 10.0. The molecule has 1 aliphatic heterocycles. The molecule has 0 N–H and O–H groups in total. The average molecular weight is 314 g/mol. The van der Waals surface area contributed by atoms with Crippen LogP contribution in [0.2, 0.25) is 0 Å². The third-order valence-corrected chi connectivity index (χ3v) is 4.07. The summed E-state index contributed by atoms with van der Waals surface area (Å²) in [5.74, 6) is -0.0659. The normalized spacial score (nSPS) is 21.4. The van der Waals surface area contributed by atoms with E-state index < -0.39 is 0 Å². The molecule has 1 amide bonds. The maximum atomic E-state index is 12.7. The summed E-state index contributed by atoms with van der Waals surface area (Å²) in [7, 11) is 0. The van der Waals surface area contributed by atoms with E-state index in [0.29, 0.717) is 25.3 Å². The van der Waals surface area contributed by atoms with Crippen molar-refractivity contribution in [2.45, 2.75) is 39.5 Å². The first kappa shape index (κ1) is 15.7. The number of rotatable bonds is 3. The molecule has 0 saturated carbocycles. The van der Waals surface area contributed by atoms with E-state index in [1.54, 1.807) is 4.68 Å². The zero-order valence-electron chi connectivity index (χ0n) is 13.8. The summed E-state index contributed by atoms with van der Waals surface area (Å²) < 4.78 is 7.46. The second kappa shape index (κ2) is 6.50. The highest BCUT2D eigenvalue weighted by Crippen LogP contribution is 2.15. The molecule has 0 spiro atoms. The van der Waals surface area contributed by atoms with Gasteiger partial charge in [-0.1, -0.05) is 35.5 Å². The van der Waals surface area contributed by atoms with Crippen LogP contribution in [0.4, 0.5) is 0 Å². The predicted octanol–water partition coefficient (Wildman–Crippen LogP) is 1.88. The number of hydrogen-bond donors (Lipinski definition) is 0. The highest BCUT2D eigenvalue weighted by atomic mass is 16.5. The van der Waals surface area contributed by atoms with E-state index in [1.165, 1.54) is 0 Å². The van der Waals surface area contributed by atoms with Crippen LogP contribution >= 0.6 is 0 Å². The zero-order valence-corrected chi connectivity index (χ0v) is 13.8. The van der Waals surface area contributed by atoms with Gasteiger partial charge < -0.3 is 9.64 Å². The molecule has 23 heavy (non-hydrogen) atoms. The van der Waals surface area contributed by atoms with Crippen LogP contribution in [0.3, 0.4) is 0 Å². The van der Waals surface area contributed by atoms with Gasteiger partial charge in [0.15, 0.2) is 5.69 Å². The van der Waals surface area contributed by atoms with Gasteiger partial charge in [-0.2, -0.15) is 0 Å². The van der Waals surface area contributed by atoms with Gasteiger partial charge in [0.2, 0.25) is 0 Å². The topological polar surface area (TPSA) is 60.3 Å². The summed E-state index contributed by atoms with van der Waals surface area (Å²) in [4.78, 5) is 14.5. The molecule has 1 saturated heterocycles. The van der Waals surface area contributed by atoms with Crippen molar-refractivity contribution < 1.29 is 9.53 Å². The van der Waals surface area contributed by atoms with E-state index in [4.69, 9.17) is 4.74 Å². The van der Waals surface area contributed by atoms with Crippen molar-refractivity contribution in [2.24, 2.45) is 0 Å². The van der Waals surface area contributed by atoms with Crippen LogP contribution in [0, 0.1) is 6.92 Å². The molecule has 3 rings (SSSR count). The first-order valence-electron chi connectivity index (χ1n) is 7.93. The number of ether oxygens (including phenoxy) is 1. The maximum absolute atomic E-state index is 12.7. The van der Waals surface area contributed by atoms with E-state index in [0.717, 1.165) is 11.3 Å². The lowest BCUT2D eigenvalue weighted by Crippen LogP contribution is -2.48. The van der Waals surface area contributed by atoms with Crippen LogP contribution in [0.25, 0.3) is 0 Å². The van der Waals surface area contributed by atoms with Crippen molar-refractivity contribution in [3.8, 4) is 0 Å². The van der Waals surface area contributed by atoms with E-state index in [2.05, 4.69) is 10.3 Å². The van der Waals surface area contributed by atoms with Gasteiger partial charge >= 0.3 is 0 Å². The van der Waals surface area contributed by atoms with Crippen molar-refractivity contribution in [1.29, 1.82) is 0 Å². The predicted molar refractivity (Wildman–Crippen MR) is 86.2 cm³/mol. The summed E-state index contributed by atoms with van der Waals surface area (Å²) in [5.41, 5.74) is 2.36. The Labute approximate surface area is 136 Å². The molecule has 1 aliphatic rings. The van der Waals surface area contributed by atoms with Crippen LogP contribution in [0.5, 0.6) is 0 Å². The molecule has 1 aromatic carbocycles. The summed E-state index contributed by atoms with van der Waals surface area (Å²) in [6.45, 7) is 7.65. The molecule has 2 aromatic rings. The SMILES string of the molecule is Cc1c(C(=O)N2CC(C)OC(C)C2)nnn1Cc1ccccc1. The molecular weight excluding hydrogens is 292 g/mol. The first-order valence-corrected chi connectivity index (χ1v) is 7.93. The van der Waals surface area contributed by atoms with Gasteiger partial charge in [0.25, 0.3) is 5.91 Å². The minimum absolute atomic E-state index is 0.0439. The van der Waals surface area contributed by atoms with Crippen LogP contribution < -0.4 is 0 Å². The van der Waals surface area contributed by atoms with Crippen LogP contribution in [-0.2, 0) is 11.3 Å². The minimum Gasteiger partial charge on any atom is -0.372 e. The highest BCUT2D eigenvalue weighted by Gasteiger charge is 2.29. The van der Waals surface area contributed by atoms with Crippen LogP contribution in [0.15, 0.2) is 30.3 Å². The van der Waals surface area contributed by atoms with Gasteiger partial charge in [0.05, 0.1) is 24.4 Å². The largest absolute Gasteiger partial charge is 0.372 e. The minimum atomic E-state index is -0.0659. The van der Waals surface area contributed by atoms with Crippen LogP contribution in [-0.4, -0.2) is 51.1 Å². The molecule has 0 radical (unpaired) electrons. The maximum Gasteiger partial charge on any atom is 0.276 e. The Morgan fingerprint density at radius 1 is 1.22 bits per heavy atom. The molecule has 2 heterocycles. The van der Waals surface area contributed by atoms with Gasteiger partial charge in [0, 0.05) is 13.1 Å². The molecule has 1 fully saturated rings. The van der Waals surface area contributed by atoms with Gasteiger partial charge in [-0.15, -0.1) is 5.10 Å². The standard InChI is InChI=1S/C17H22N4O2/c1-12-9-20(10-13(2)23-12)17(22)16-14(3)21(19-18-16)11-15-7-5-4-6-8-15/h4-8,12-13H,9-11H2,1-3H3.